The molecule has 1 amide bonds. The second kappa shape index (κ2) is 8.11. The van der Waals surface area contributed by atoms with Crippen molar-refractivity contribution in [3.05, 3.63) is 33.7 Å². The first-order chi connectivity index (χ1) is 12.1. The Morgan fingerprint density at radius 1 is 1.31 bits per heavy atom. The molecule has 0 radical (unpaired) electrons. The van der Waals surface area contributed by atoms with Gasteiger partial charge in [0.1, 0.15) is 5.56 Å². The molecule has 26 heavy (non-hydrogen) atoms. The van der Waals surface area contributed by atoms with Crippen molar-refractivity contribution >= 4 is 18.3 Å². The van der Waals surface area contributed by atoms with E-state index >= 15 is 0 Å². The lowest BCUT2D eigenvalue weighted by Crippen LogP contribution is -2.39. The number of nitrogens with one attached hydrogen (secondary N) is 1. The number of halogens is 1. The van der Waals surface area contributed by atoms with Crippen LogP contribution in [0, 0.1) is 24.7 Å². The summed E-state index contributed by atoms with van der Waals surface area (Å²) in [6.07, 6.45) is 4.12. The summed E-state index contributed by atoms with van der Waals surface area (Å²) < 4.78 is 7.22. The van der Waals surface area contributed by atoms with Crippen molar-refractivity contribution in [1.29, 1.82) is 0 Å². The second-order valence-corrected chi connectivity index (χ2v) is 7.81. The van der Waals surface area contributed by atoms with Gasteiger partial charge in [-0.25, -0.2) is 0 Å². The van der Waals surface area contributed by atoms with Crippen LogP contribution in [0.4, 0.5) is 0 Å². The molecule has 7 heteroatoms. The SMILES string of the molecule is Cc1ccn(CC2CCCNC2)c(=O)c1C(=O)N1C[C@H]2COC[C@H]2C1.Cl. The number of aryl methyl sites for hydroxylation is 1. The minimum Gasteiger partial charge on any atom is -0.381 e. The molecule has 4 heterocycles. The minimum atomic E-state index is -0.135. The number of ether oxygens (including phenoxy) is 1. The average molecular weight is 382 g/mol. The fourth-order valence-corrected chi connectivity index (χ4v) is 4.44. The number of fused-ring (bicyclic) bond motifs is 1. The number of carbonyl (C=O) groups is 1. The highest BCUT2D eigenvalue weighted by molar-refractivity contribution is 5.95. The van der Waals surface area contributed by atoms with Gasteiger partial charge in [-0.2, -0.15) is 0 Å². The third-order valence-corrected chi connectivity index (χ3v) is 5.97. The number of amides is 1. The van der Waals surface area contributed by atoms with Gasteiger partial charge in [0, 0.05) is 37.7 Å². The van der Waals surface area contributed by atoms with E-state index in [0.717, 1.165) is 44.7 Å². The van der Waals surface area contributed by atoms with Gasteiger partial charge in [0.25, 0.3) is 11.5 Å². The van der Waals surface area contributed by atoms with Gasteiger partial charge in [0.05, 0.1) is 13.2 Å². The molecule has 0 aromatic carbocycles. The van der Waals surface area contributed by atoms with Crippen LogP contribution in [-0.2, 0) is 11.3 Å². The zero-order chi connectivity index (χ0) is 17.4. The summed E-state index contributed by atoms with van der Waals surface area (Å²) in [5.41, 5.74) is 0.998. The van der Waals surface area contributed by atoms with Crippen molar-refractivity contribution in [2.24, 2.45) is 17.8 Å². The van der Waals surface area contributed by atoms with Gasteiger partial charge in [-0.1, -0.05) is 0 Å². The highest BCUT2D eigenvalue weighted by Gasteiger charge is 2.40. The maximum absolute atomic E-state index is 13.0. The molecule has 1 unspecified atom stereocenters. The number of hydrogen-bond acceptors (Lipinski definition) is 4. The van der Waals surface area contributed by atoms with Gasteiger partial charge in [-0.3, -0.25) is 9.59 Å². The highest BCUT2D eigenvalue weighted by atomic mass is 35.5. The number of carbonyl (C=O) groups excluding carboxylic acids is 1. The molecule has 3 atom stereocenters. The number of rotatable bonds is 3. The number of pyridine rings is 1. The van der Waals surface area contributed by atoms with Crippen LogP contribution in [0.3, 0.4) is 0 Å². The summed E-state index contributed by atoms with van der Waals surface area (Å²) in [5.74, 6) is 1.22. The van der Waals surface area contributed by atoms with E-state index in [0.29, 0.717) is 43.0 Å². The first-order valence-electron chi connectivity index (χ1n) is 9.41. The van der Waals surface area contributed by atoms with Crippen molar-refractivity contribution in [1.82, 2.24) is 14.8 Å². The quantitative estimate of drug-likeness (QED) is 0.857. The van der Waals surface area contributed by atoms with E-state index in [1.54, 1.807) is 4.57 Å². The number of hydrogen-bond donors (Lipinski definition) is 1. The molecule has 0 bridgehead atoms. The van der Waals surface area contributed by atoms with Crippen LogP contribution >= 0.6 is 12.4 Å². The fraction of sp³-hybridized carbons (Fsp3) is 0.684. The summed E-state index contributed by atoms with van der Waals surface area (Å²) in [5, 5.41) is 3.39. The average Bonchev–Trinajstić information content (AvgIpc) is 3.20. The van der Waals surface area contributed by atoms with E-state index in [9.17, 15) is 9.59 Å². The van der Waals surface area contributed by atoms with Gasteiger partial charge in [-0.15, -0.1) is 12.4 Å². The topological polar surface area (TPSA) is 63.6 Å². The van der Waals surface area contributed by atoms with Crippen molar-refractivity contribution in [2.45, 2.75) is 26.3 Å². The van der Waals surface area contributed by atoms with E-state index < -0.39 is 0 Å². The second-order valence-electron chi connectivity index (χ2n) is 7.81. The monoisotopic (exact) mass is 381 g/mol. The Balaban J connectivity index is 0.00000196. The van der Waals surface area contributed by atoms with Gasteiger partial charge in [-0.05, 0) is 50.4 Å². The van der Waals surface area contributed by atoms with Crippen LogP contribution in [0.15, 0.2) is 17.1 Å². The number of aromatic nitrogens is 1. The third-order valence-electron chi connectivity index (χ3n) is 5.97. The molecule has 0 aliphatic carbocycles. The Morgan fingerprint density at radius 2 is 2.04 bits per heavy atom. The van der Waals surface area contributed by atoms with Crippen LogP contribution in [-0.4, -0.2) is 54.8 Å². The molecule has 1 aromatic heterocycles. The van der Waals surface area contributed by atoms with Crippen LogP contribution in [0.2, 0.25) is 0 Å². The molecule has 0 saturated carbocycles. The lowest BCUT2D eigenvalue weighted by molar-refractivity contribution is 0.0748. The first-order valence-corrected chi connectivity index (χ1v) is 9.41. The van der Waals surface area contributed by atoms with Gasteiger partial charge < -0.3 is 19.5 Å². The van der Waals surface area contributed by atoms with E-state index in [4.69, 9.17) is 4.74 Å². The summed E-state index contributed by atoms with van der Waals surface area (Å²) >= 11 is 0. The fourth-order valence-electron chi connectivity index (χ4n) is 4.44. The molecule has 4 rings (SSSR count). The number of nitrogens with zero attached hydrogens (tertiary/aromatic N) is 2. The molecule has 3 fully saturated rings. The molecule has 6 nitrogen and oxygen atoms in total. The highest BCUT2D eigenvalue weighted by Crippen LogP contribution is 2.30. The van der Waals surface area contributed by atoms with Crippen LogP contribution in [0.25, 0.3) is 0 Å². The first kappa shape index (κ1) is 19.4. The number of piperidine rings is 1. The van der Waals surface area contributed by atoms with Crippen molar-refractivity contribution in [3.8, 4) is 0 Å². The van der Waals surface area contributed by atoms with E-state index in [1.807, 2.05) is 24.1 Å². The predicted octanol–water partition coefficient (Wildman–Crippen LogP) is 1.30. The predicted molar refractivity (Wildman–Crippen MR) is 102 cm³/mol. The Labute approximate surface area is 160 Å². The zero-order valence-electron chi connectivity index (χ0n) is 15.3. The van der Waals surface area contributed by atoms with Crippen molar-refractivity contribution in [3.63, 3.8) is 0 Å². The summed E-state index contributed by atoms with van der Waals surface area (Å²) in [7, 11) is 0. The Morgan fingerprint density at radius 3 is 2.69 bits per heavy atom. The molecular formula is C19H28ClN3O3. The molecule has 3 aliphatic heterocycles. The summed E-state index contributed by atoms with van der Waals surface area (Å²) in [6, 6.07) is 1.91. The van der Waals surface area contributed by atoms with E-state index in [2.05, 4.69) is 5.32 Å². The third kappa shape index (κ3) is 3.68. The molecule has 3 aliphatic rings. The largest absolute Gasteiger partial charge is 0.381 e. The Kier molecular flexibility index (Phi) is 6.05. The molecular weight excluding hydrogens is 354 g/mol. The van der Waals surface area contributed by atoms with Crippen LogP contribution in [0.5, 0.6) is 0 Å². The van der Waals surface area contributed by atoms with Gasteiger partial charge in [0.2, 0.25) is 0 Å². The smallest absolute Gasteiger partial charge is 0.263 e. The normalized spacial score (nSPS) is 27.9. The lowest BCUT2D eigenvalue weighted by atomic mass is 9.99. The molecule has 144 valence electrons. The van der Waals surface area contributed by atoms with E-state index in [1.165, 1.54) is 0 Å². The molecule has 1 aromatic rings. The van der Waals surface area contributed by atoms with E-state index in [-0.39, 0.29) is 23.9 Å². The van der Waals surface area contributed by atoms with Crippen LogP contribution in [0.1, 0.15) is 28.8 Å². The Bertz CT molecular complexity index is 702. The maximum atomic E-state index is 13.0. The standard InChI is InChI=1S/C19H27N3O3.ClH/c1-13-4-6-21(8-14-3-2-5-20-7-14)18(23)17(13)19(24)22-9-15-11-25-12-16(15)10-22;/h4,6,14-16,20H,2-3,5,7-12H2,1H3;1H/t14?,15-,16+;. The van der Waals surface area contributed by atoms with Crippen molar-refractivity contribution < 1.29 is 9.53 Å². The maximum Gasteiger partial charge on any atom is 0.263 e. The molecule has 1 N–H and O–H groups in total. The van der Waals surface area contributed by atoms with Crippen LogP contribution < -0.4 is 10.9 Å². The lowest BCUT2D eigenvalue weighted by Gasteiger charge is -2.24. The Hall–Kier alpha value is -1.37. The summed E-state index contributed by atoms with van der Waals surface area (Å²) in [6.45, 7) is 7.45. The van der Waals surface area contributed by atoms with Gasteiger partial charge in [0.15, 0.2) is 0 Å². The molecule has 0 spiro atoms. The number of likely N-dealkylation sites (tertiary alicyclic amines) is 1. The molecule has 3 saturated heterocycles. The van der Waals surface area contributed by atoms with Gasteiger partial charge >= 0.3 is 0 Å². The minimum absolute atomic E-state index is 0. The van der Waals surface area contributed by atoms with Crippen molar-refractivity contribution in [2.75, 3.05) is 39.4 Å². The summed E-state index contributed by atoms with van der Waals surface area (Å²) in [4.78, 5) is 27.9. The zero-order valence-corrected chi connectivity index (χ0v) is 16.1.